The van der Waals surface area contributed by atoms with Crippen LogP contribution in [0.15, 0.2) is 49.1 Å². The molecule has 0 saturated heterocycles. The monoisotopic (exact) mass is 449 g/mol. The van der Waals surface area contributed by atoms with Gasteiger partial charge in [0.2, 0.25) is 11.7 Å². The van der Waals surface area contributed by atoms with E-state index in [4.69, 9.17) is 0 Å². The molecule has 5 heterocycles. The zero-order chi connectivity index (χ0) is 22.6. The van der Waals surface area contributed by atoms with E-state index in [1.807, 2.05) is 0 Å². The van der Waals surface area contributed by atoms with E-state index >= 15 is 8.78 Å². The van der Waals surface area contributed by atoms with Crippen molar-refractivity contribution in [2.24, 2.45) is 5.92 Å². The number of carbonyl (C=O) groups excluding carboxylic acids is 1. The van der Waals surface area contributed by atoms with Gasteiger partial charge >= 0.3 is 5.92 Å². The molecule has 10 nitrogen and oxygen atoms in total. The second-order valence-electron chi connectivity index (χ2n) is 7.98. The number of amides is 1. The minimum absolute atomic E-state index is 0.0132. The fourth-order valence-electron chi connectivity index (χ4n) is 3.65. The van der Waals surface area contributed by atoms with E-state index in [-0.39, 0.29) is 24.0 Å². The molecule has 0 radical (unpaired) electrons. The van der Waals surface area contributed by atoms with Gasteiger partial charge in [-0.1, -0.05) is 0 Å². The Morgan fingerprint density at radius 2 is 1.97 bits per heavy atom. The molecule has 1 saturated carbocycles. The van der Waals surface area contributed by atoms with Crippen LogP contribution in [0.1, 0.15) is 30.1 Å². The van der Waals surface area contributed by atoms with E-state index < -0.39 is 17.4 Å². The smallest absolute Gasteiger partial charge is 0.350 e. The lowest BCUT2D eigenvalue weighted by Crippen LogP contribution is -2.24. The molecule has 0 atom stereocenters. The number of halogens is 2. The van der Waals surface area contributed by atoms with Crippen LogP contribution in [0.3, 0.4) is 0 Å². The number of carbonyl (C=O) groups is 1. The quantitative estimate of drug-likeness (QED) is 0.411. The Labute approximate surface area is 184 Å². The number of pyridine rings is 1. The average molecular weight is 449 g/mol. The van der Waals surface area contributed by atoms with Gasteiger partial charge in [0.15, 0.2) is 11.3 Å². The standard InChI is InChI=1S/C21H17F2N9O/c22-21(23,20-29-28-18-5-3-13(10-31(18)20)14-7-25-26-8-14)16-4-6-17-27-15(11-32(17)30-16)9-24-19(33)12-1-2-12/h3-8,10-12H,1-2,9H2,(H,24,33)(H,25,26). The summed E-state index contributed by atoms with van der Waals surface area (Å²) in [5.74, 6) is -4.00. The minimum Gasteiger partial charge on any atom is -0.350 e. The van der Waals surface area contributed by atoms with Crippen LogP contribution in [-0.2, 0) is 17.3 Å². The summed E-state index contributed by atoms with van der Waals surface area (Å²) >= 11 is 0. The molecule has 5 aromatic heterocycles. The highest BCUT2D eigenvalue weighted by atomic mass is 19.3. The molecule has 0 unspecified atom stereocenters. The predicted octanol–water partition coefficient (Wildman–Crippen LogP) is 2.33. The number of nitrogens with zero attached hydrogens (tertiary/aromatic N) is 7. The highest BCUT2D eigenvalue weighted by Gasteiger charge is 2.41. The number of aromatic amines is 1. The van der Waals surface area contributed by atoms with Crippen LogP contribution in [0.5, 0.6) is 0 Å². The first-order valence-corrected chi connectivity index (χ1v) is 10.3. The van der Waals surface area contributed by atoms with Gasteiger partial charge in [0.1, 0.15) is 5.69 Å². The first kappa shape index (κ1) is 19.5. The lowest BCUT2D eigenvalue weighted by Gasteiger charge is -2.14. The molecule has 33 heavy (non-hydrogen) atoms. The molecule has 166 valence electrons. The molecule has 1 aliphatic rings. The summed E-state index contributed by atoms with van der Waals surface area (Å²) in [5, 5.41) is 21.1. The van der Waals surface area contributed by atoms with Gasteiger partial charge in [0.05, 0.1) is 24.6 Å². The third-order valence-corrected chi connectivity index (χ3v) is 5.60. The topological polar surface area (TPSA) is 118 Å². The maximum atomic E-state index is 15.5. The van der Waals surface area contributed by atoms with Gasteiger partial charge in [-0.2, -0.15) is 19.0 Å². The first-order chi connectivity index (χ1) is 16.0. The molecule has 1 aliphatic carbocycles. The molecule has 5 aromatic rings. The predicted molar refractivity (Wildman–Crippen MR) is 111 cm³/mol. The van der Waals surface area contributed by atoms with Crippen molar-refractivity contribution in [2.75, 3.05) is 0 Å². The number of imidazole rings is 1. The van der Waals surface area contributed by atoms with Crippen molar-refractivity contribution in [3.63, 3.8) is 0 Å². The van der Waals surface area contributed by atoms with E-state index in [0.29, 0.717) is 16.9 Å². The fourth-order valence-corrected chi connectivity index (χ4v) is 3.65. The number of fused-ring (bicyclic) bond motifs is 2. The van der Waals surface area contributed by atoms with Crippen LogP contribution in [0.4, 0.5) is 8.78 Å². The Bertz CT molecular complexity index is 1480. The molecule has 0 bridgehead atoms. The summed E-state index contributed by atoms with van der Waals surface area (Å²) in [6.45, 7) is 0.218. The van der Waals surface area contributed by atoms with E-state index in [1.54, 1.807) is 30.7 Å². The Hall–Kier alpha value is -4.22. The van der Waals surface area contributed by atoms with Crippen molar-refractivity contribution in [1.29, 1.82) is 0 Å². The number of aromatic nitrogens is 8. The number of hydrogen-bond donors (Lipinski definition) is 2. The van der Waals surface area contributed by atoms with Gasteiger partial charge in [-0.3, -0.25) is 14.3 Å². The minimum atomic E-state index is -3.52. The van der Waals surface area contributed by atoms with Crippen LogP contribution in [0.2, 0.25) is 0 Å². The maximum Gasteiger partial charge on any atom is 0.350 e. The molecular formula is C21H17F2N9O. The SMILES string of the molecule is O=C(NCc1cn2nc(C(F)(F)c3nnc4ccc(-c5cn[nH]c5)cn34)ccc2n1)C1CC1. The van der Waals surface area contributed by atoms with Gasteiger partial charge < -0.3 is 5.32 Å². The maximum absolute atomic E-state index is 15.5. The number of H-pyrrole nitrogens is 1. The van der Waals surface area contributed by atoms with Crippen molar-refractivity contribution in [2.45, 2.75) is 25.3 Å². The van der Waals surface area contributed by atoms with Gasteiger partial charge in [0, 0.05) is 29.4 Å². The lowest BCUT2D eigenvalue weighted by atomic mass is 10.1. The van der Waals surface area contributed by atoms with E-state index in [2.05, 4.69) is 35.8 Å². The molecule has 0 aliphatic heterocycles. The van der Waals surface area contributed by atoms with Crippen molar-refractivity contribution >= 4 is 17.2 Å². The zero-order valence-electron chi connectivity index (χ0n) is 17.1. The van der Waals surface area contributed by atoms with E-state index in [0.717, 1.165) is 18.4 Å². The number of rotatable bonds is 6. The van der Waals surface area contributed by atoms with Gasteiger partial charge in [-0.15, -0.1) is 10.2 Å². The van der Waals surface area contributed by atoms with E-state index in [9.17, 15) is 4.79 Å². The van der Waals surface area contributed by atoms with Gasteiger partial charge in [-0.05, 0) is 37.1 Å². The Morgan fingerprint density at radius 1 is 1.12 bits per heavy atom. The van der Waals surface area contributed by atoms with Crippen LogP contribution in [0, 0.1) is 5.92 Å². The van der Waals surface area contributed by atoms with Crippen molar-refractivity contribution in [1.82, 2.24) is 44.7 Å². The molecule has 1 fully saturated rings. The van der Waals surface area contributed by atoms with Crippen LogP contribution in [0.25, 0.3) is 22.4 Å². The van der Waals surface area contributed by atoms with Crippen molar-refractivity contribution in [3.05, 3.63) is 66.3 Å². The molecule has 2 N–H and O–H groups in total. The molecule has 0 spiro atoms. The molecule has 12 heteroatoms. The van der Waals surface area contributed by atoms with Crippen molar-refractivity contribution in [3.8, 4) is 11.1 Å². The zero-order valence-corrected chi connectivity index (χ0v) is 17.1. The van der Waals surface area contributed by atoms with Gasteiger partial charge in [-0.25, -0.2) is 9.50 Å². The molecule has 6 rings (SSSR count). The summed E-state index contributed by atoms with van der Waals surface area (Å²) in [6, 6.07) is 6.05. The first-order valence-electron chi connectivity index (χ1n) is 10.3. The Balaban J connectivity index is 1.33. The third kappa shape index (κ3) is 3.39. The summed E-state index contributed by atoms with van der Waals surface area (Å²) < 4.78 is 33.6. The third-order valence-electron chi connectivity index (χ3n) is 5.60. The number of alkyl halides is 2. The summed E-state index contributed by atoms with van der Waals surface area (Å²) in [6.07, 6.45) is 8.14. The molecule has 0 aromatic carbocycles. The van der Waals surface area contributed by atoms with E-state index in [1.165, 1.54) is 27.2 Å². The second kappa shape index (κ2) is 7.15. The van der Waals surface area contributed by atoms with Gasteiger partial charge in [0.25, 0.3) is 0 Å². The summed E-state index contributed by atoms with van der Waals surface area (Å²) in [4.78, 5) is 16.2. The largest absolute Gasteiger partial charge is 0.350 e. The number of hydrogen-bond acceptors (Lipinski definition) is 6. The summed E-state index contributed by atoms with van der Waals surface area (Å²) in [7, 11) is 0. The Morgan fingerprint density at radius 3 is 2.76 bits per heavy atom. The second-order valence-corrected chi connectivity index (χ2v) is 7.98. The average Bonchev–Trinajstić information content (AvgIpc) is 3.21. The normalized spacial score (nSPS) is 14.2. The van der Waals surface area contributed by atoms with Crippen LogP contribution >= 0.6 is 0 Å². The highest BCUT2D eigenvalue weighted by molar-refractivity contribution is 5.80. The number of nitrogens with one attached hydrogen (secondary N) is 2. The molecule has 1 amide bonds. The lowest BCUT2D eigenvalue weighted by molar-refractivity contribution is -0.122. The van der Waals surface area contributed by atoms with Crippen LogP contribution in [-0.4, -0.2) is 45.3 Å². The molecular weight excluding hydrogens is 432 g/mol. The van der Waals surface area contributed by atoms with Crippen molar-refractivity contribution < 1.29 is 13.6 Å². The van der Waals surface area contributed by atoms with Crippen LogP contribution < -0.4 is 5.32 Å². The summed E-state index contributed by atoms with van der Waals surface area (Å²) in [5.41, 5.74) is 2.16. The fraction of sp³-hybridized carbons (Fsp3) is 0.238. The highest BCUT2D eigenvalue weighted by Crippen LogP contribution is 2.34. The Kier molecular flexibility index (Phi) is 4.22.